The molecule has 1 aromatic heterocycles. The summed E-state index contributed by atoms with van der Waals surface area (Å²) in [6, 6.07) is 10.8. The third-order valence-corrected chi connectivity index (χ3v) is 5.48. The molecule has 2 heterocycles. The average Bonchev–Trinajstić information content (AvgIpc) is 3.26. The first-order chi connectivity index (χ1) is 14.0. The number of guanidine groups is 1. The molecule has 0 saturated carbocycles. The van der Waals surface area contributed by atoms with Crippen LogP contribution >= 0.6 is 0 Å². The van der Waals surface area contributed by atoms with Gasteiger partial charge < -0.3 is 15.5 Å². The maximum absolute atomic E-state index is 4.98. The van der Waals surface area contributed by atoms with Crippen LogP contribution in [0.1, 0.15) is 63.9 Å². The van der Waals surface area contributed by atoms with Crippen molar-refractivity contribution in [1.82, 2.24) is 30.7 Å². The summed E-state index contributed by atoms with van der Waals surface area (Å²) in [6.07, 6.45) is 3.72. The monoisotopic (exact) mass is 397 g/mol. The number of benzene rings is 1. The molecule has 1 unspecified atom stereocenters. The summed E-state index contributed by atoms with van der Waals surface area (Å²) in [5.41, 5.74) is 1.19. The van der Waals surface area contributed by atoms with Crippen LogP contribution in [0.4, 0.5) is 0 Å². The fourth-order valence-corrected chi connectivity index (χ4v) is 3.93. The third kappa shape index (κ3) is 6.03. The van der Waals surface area contributed by atoms with Crippen molar-refractivity contribution in [1.29, 1.82) is 0 Å². The van der Waals surface area contributed by atoms with Crippen LogP contribution in [0.5, 0.6) is 0 Å². The zero-order valence-corrected chi connectivity index (χ0v) is 18.2. The zero-order valence-electron chi connectivity index (χ0n) is 18.2. The minimum absolute atomic E-state index is 0.103. The van der Waals surface area contributed by atoms with Crippen LogP contribution in [0.25, 0.3) is 0 Å². The number of hydrogen-bond donors (Lipinski definition) is 3. The Labute approximate surface area is 174 Å². The van der Waals surface area contributed by atoms with Gasteiger partial charge in [-0.1, -0.05) is 30.3 Å². The fraction of sp³-hybridized carbons (Fsp3) is 0.591. The van der Waals surface area contributed by atoms with E-state index in [4.69, 9.17) is 4.99 Å². The van der Waals surface area contributed by atoms with Crippen LogP contribution in [0.2, 0.25) is 0 Å². The maximum atomic E-state index is 4.98. The highest BCUT2D eigenvalue weighted by molar-refractivity contribution is 5.80. The van der Waals surface area contributed by atoms with Crippen LogP contribution in [0, 0.1) is 0 Å². The lowest BCUT2D eigenvalue weighted by Crippen LogP contribution is -2.48. The predicted molar refractivity (Wildman–Crippen MR) is 118 cm³/mol. The summed E-state index contributed by atoms with van der Waals surface area (Å²) in [6.45, 7) is 12.3. The molecule has 0 radical (unpaired) electrons. The van der Waals surface area contributed by atoms with Gasteiger partial charge in [-0.05, 0) is 46.1 Å². The lowest BCUT2D eigenvalue weighted by atomic mass is 9.96. The van der Waals surface area contributed by atoms with Gasteiger partial charge in [-0.3, -0.25) is 10.1 Å². The second-order valence-electron chi connectivity index (χ2n) is 8.46. The van der Waals surface area contributed by atoms with Gasteiger partial charge in [-0.25, -0.2) is 4.98 Å². The summed E-state index contributed by atoms with van der Waals surface area (Å²) < 4.78 is 0. The minimum Gasteiger partial charge on any atom is -0.357 e. The van der Waals surface area contributed by atoms with Crippen molar-refractivity contribution in [3.05, 3.63) is 48.0 Å². The first-order valence-electron chi connectivity index (χ1n) is 10.7. The summed E-state index contributed by atoms with van der Waals surface area (Å²) in [4.78, 5) is 11.7. The lowest BCUT2D eigenvalue weighted by Gasteiger charge is -2.34. The Morgan fingerprint density at radius 2 is 2.00 bits per heavy atom. The van der Waals surface area contributed by atoms with E-state index >= 15 is 0 Å². The molecule has 0 aliphatic carbocycles. The normalized spacial score (nSPS) is 17.4. The fourth-order valence-electron chi connectivity index (χ4n) is 3.93. The third-order valence-electron chi connectivity index (χ3n) is 5.48. The second kappa shape index (κ2) is 9.87. The Morgan fingerprint density at radius 1 is 1.28 bits per heavy atom. The topological polar surface area (TPSA) is 81.2 Å². The SMILES string of the molecule is CCNC(=NCC(C)(C)NC(C)c1ccccc1)N1CCC(c2ncn[nH]2)CC1. The number of aromatic amines is 1. The highest BCUT2D eigenvalue weighted by Crippen LogP contribution is 2.25. The van der Waals surface area contributed by atoms with E-state index in [0.717, 1.165) is 44.3 Å². The van der Waals surface area contributed by atoms with Gasteiger partial charge in [0.15, 0.2) is 5.96 Å². The van der Waals surface area contributed by atoms with Crippen LogP contribution < -0.4 is 10.6 Å². The molecule has 0 spiro atoms. The molecule has 1 atom stereocenters. The molecule has 1 fully saturated rings. The maximum Gasteiger partial charge on any atom is 0.193 e. The van der Waals surface area contributed by atoms with Crippen molar-refractivity contribution < 1.29 is 0 Å². The molecular weight excluding hydrogens is 362 g/mol. The van der Waals surface area contributed by atoms with E-state index in [1.165, 1.54) is 5.56 Å². The van der Waals surface area contributed by atoms with Gasteiger partial charge in [0.05, 0.1) is 6.54 Å². The van der Waals surface area contributed by atoms with Crippen LogP contribution in [0.3, 0.4) is 0 Å². The number of likely N-dealkylation sites (tertiary alicyclic amines) is 1. The van der Waals surface area contributed by atoms with Crippen molar-refractivity contribution in [2.45, 2.75) is 58.0 Å². The number of nitrogens with zero attached hydrogens (tertiary/aromatic N) is 4. The highest BCUT2D eigenvalue weighted by atomic mass is 15.3. The van der Waals surface area contributed by atoms with Crippen LogP contribution in [0.15, 0.2) is 41.7 Å². The number of H-pyrrole nitrogens is 1. The number of rotatable bonds is 7. The Balaban J connectivity index is 1.58. The van der Waals surface area contributed by atoms with Crippen molar-refractivity contribution in [3.8, 4) is 0 Å². The summed E-state index contributed by atoms with van der Waals surface area (Å²) in [5, 5.41) is 14.2. The Kier molecular flexibility index (Phi) is 7.25. The van der Waals surface area contributed by atoms with Gasteiger partial charge in [0.1, 0.15) is 12.2 Å². The molecular formula is C22H35N7. The number of piperidine rings is 1. The lowest BCUT2D eigenvalue weighted by molar-refractivity contribution is 0.296. The highest BCUT2D eigenvalue weighted by Gasteiger charge is 2.25. The largest absolute Gasteiger partial charge is 0.357 e. The molecule has 1 aromatic carbocycles. The molecule has 7 nitrogen and oxygen atoms in total. The van der Waals surface area contributed by atoms with E-state index in [1.807, 2.05) is 0 Å². The van der Waals surface area contributed by atoms with E-state index in [0.29, 0.717) is 12.5 Å². The van der Waals surface area contributed by atoms with E-state index in [9.17, 15) is 0 Å². The van der Waals surface area contributed by atoms with Crippen molar-refractivity contribution >= 4 is 5.96 Å². The smallest absolute Gasteiger partial charge is 0.193 e. The van der Waals surface area contributed by atoms with Crippen molar-refractivity contribution in [2.75, 3.05) is 26.2 Å². The van der Waals surface area contributed by atoms with E-state index < -0.39 is 0 Å². The number of hydrogen-bond acceptors (Lipinski definition) is 4. The molecule has 0 bridgehead atoms. The molecule has 1 aliphatic rings. The van der Waals surface area contributed by atoms with E-state index in [1.54, 1.807) is 6.33 Å². The van der Waals surface area contributed by atoms with Crippen molar-refractivity contribution in [2.24, 2.45) is 4.99 Å². The van der Waals surface area contributed by atoms with Gasteiger partial charge in [-0.2, -0.15) is 5.10 Å². The molecule has 3 N–H and O–H groups in total. The molecule has 158 valence electrons. The molecule has 7 heteroatoms. The molecule has 1 aliphatic heterocycles. The summed E-state index contributed by atoms with van der Waals surface area (Å²) in [5.74, 6) is 2.47. The summed E-state index contributed by atoms with van der Waals surface area (Å²) >= 11 is 0. The van der Waals surface area contributed by atoms with E-state index in [-0.39, 0.29) is 11.6 Å². The molecule has 0 amide bonds. The minimum atomic E-state index is -0.103. The Morgan fingerprint density at radius 3 is 2.62 bits per heavy atom. The molecule has 3 rings (SSSR count). The zero-order chi connectivity index (χ0) is 20.7. The van der Waals surface area contributed by atoms with Gasteiger partial charge in [0.2, 0.25) is 0 Å². The van der Waals surface area contributed by atoms with Gasteiger partial charge in [-0.15, -0.1) is 0 Å². The standard InChI is InChI=1S/C22H35N7/c1-5-23-21(29-13-11-19(12-14-29)20-25-16-26-28-20)24-15-22(3,4)27-17(2)18-9-7-6-8-10-18/h6-10,16-17,19,27H,5,11-15H2,1-4H3,(H,23,24)(H,25,26,28). The van der Waals surface area contributed by atoms with Crippen LogP contribution in [-0.4, -0.2) is 57.8 Å². The Hall–Kier alpha value is -2.41. The molecule has 2 aromatic rings. The number of aromatic nitrogens is 3. The van der Waals surface area contributed by atoms with Crippen LogP contribution in [-0.2, 0) is 0 Å². The number of aliphatic imine (C=N–C) groups is 1. The van der Waals surface area contributed by atoms with Gasteiger partial charge >= 0.3 is 0 Å². The second-order valence-corrected chi connectivity index (χ2v) is 8.46. The number of nitrogens with one attached hydrogen (secondary N) is 3. The van der Waals surface area contributed by atoms with Gasteiger partial charge in [0.25, 0.3) is 0 Å². The average molecular weight is 398 g/mol. The van der Waals surface area contributed by atoms with Crippen molar-refractivity contribution in [3.63, 3.8) is 0 Å². The predicted octanol–water partition coefficient (Wildman–Crippen LogP) is 3.08. The van der Waals surface area contributed by atoms with Gasteiger partial charge in [0, 0.05) is 37.1 Å². The van der Waals surface area contributed by atoms with E-state index in [2.05, 4.69) is 88.7 Å². The molecule has 29 heavy (non-hydrogen) atoms. The first kappa shape index (κ1) is 21.3. The Bertz CT molecular complexity index is 747. The summed E-state index contributed by atoms with van der Waals surface area (Å²) in [7, 11) is 0. The quantitative estimate of drug-likeness (QED) is 0.494. The molecule has 1 saturated heterocycles. The first-order valence-corrected chi connectivity index (χ1v) is 10.7.